The number of hydrogen-bond donors (Lipinski definition) is 2. The predicted octanol–water partition coefficient (Wildman–Crippen LogP) is 3.47. The molecule has 0 saturated carbocycles. The fraction of sp³-hybridized carbons (Fsp3) is 0.167. The smallest absolute Gasteiger partial charge is 0.302 e. The van der Waals surface area contributed by atoms with Crippen LogP contribution in [0.5, 0.6) is 23.1 Å². The van der Waals surface area contributed by atoms with E-state index in [0.29, 0.717) is 35.6 Å². The highest BCUT2D eigenvalue weighted by molar-refractivity contribution is 5.96. The third kappa shape index (κ3) is 3.52. The molecule has 0 aliphatic carbocycles. The molecule has 4 rings (SSSR count). The molecule has 1 aliphatic heterocycles. The Morgan fingerprint density at radius 2 is 2.00 bits per heavy atom. The van der Waals surface area contributed by atoms with Crippen LogP contribution in [0, 0.1) is 5.82 Å². The largest absolute Gasteiger partial charge is 0.493 e. The molecule has 1 aromatic heterocycles. The van der Waals surface area contributed by atoms with Gasteiger partial charge in [-0.25, -0.2) is 4.39 Å². The zero-order valence-electron chi connectivity index (χ0n) is 13.9. The molecular formula is C18H14FN3O5. The van der Waals surface area contributed by atoms with Gasteiger partial charge in [0, 0.05) is 17.5 Å². The first-order valence-electron chi connectivity index (χ1n) is 8.07. The first-order valence-corrected chi connectivity index (χ1v) is 8.07. The van der Waals surface area contributed by atoms with E-state index in [1.807, 2.05) is 0 Å². The summed E-state index contributed by atoms with van der Waals surface area (Å²) >= 11 is 0. The Balaban J connectivity index is 1.52. The van der Waals surface area contributed by atoms with Crippen molar-refractivity contribution in [2.24, 2.45) is 10.2 Å². The van der Waals surface area contributed by atoms with E-state index in [-0.39, 0.29) is 17.3 Å². The van der Waals surface area contributed by atoms with E-state index in [1.165, 1.54) is 18.2 Å². The normalized spacial score (nSPS) is 13.2. The number of fused-ring (bicyclic) bond motifs is 2. The minimum atomic E-state index is -0.689. The van der Waals surface area contributed by atoms with Gasteiger partial charge in [-0.3, -0.25) is 4.79 Å². The van der Waals surface area contributed by atoms with Crippen molar-refractivity contribution >= 4 is 22.5 Å². The quantitative estimate of drug-likeness (QED) is 0.683. The van der Waals surface area contributed by atoms with E-state index in [1.54, 1.807) is 12.1 Å². The maximum absolute atomic E-state index is 13.1. The molecule has 0 spiro atoms. The van der Waals surface area contributed by atoms with Crippen LogP contribution >= 0.6 is 0 Å². The zero-order chi connectivity index (χ0) is 18.8. The fourth-order valence-electron chi connectivity index (χ4n) is 2.64. The first-order chi connectivity index (χ1) is 13.1. The van der Waals surface area contributed by atoms with Crippen molar-refractivity contribution in [3.8, 4) is 23.1 Å². The lowest BCUT2D eigenvalue weighted by Gasteiger charge is -2.17. The van der Waals surface area contributed by atoms with Gasteiger partial charge < -0.3 is 24.3 Å². The van der Waals surface area contributed by atoms with Crippen molar-refractivity contribution in [1.82, 2.24) is 4.98 Å². The van der Waals surface area contributed by atoms with Crippen LogP contribution in [0.3, 0.4) is 0 Å². The van der Waals surface area contributed by atoms with Gasteiger partial charge in [0.25, 0.3) is 0 Å². The molecule has 0 unspecified atom stereocenters. The van der Waals surface area contributed by atoms with Crippen LogP contribution in [0.4, 0.5) is 10.1 Å². The van der Waals surface area contributed by atoms with Gasteiger partial charge in [0.2, 0.25) is 5.88 Å². The summed E-state index contributed by atoms with van der Waals surface area (Å²) < 4.78 is 29.2. The van der Waals surface area contributed by atoms with Crippen LogP contribution in [0.2, 0.25) is 0 Å². The third-order valence-electron chi connectivity index (χ3n) is 3.83. The average Bonchev–Trinajstić information content (AvgIpc) is 2.97. The van der Waals surface area contributed by atoms with Crippen molar-refractivity contribution in [1.29, 1.82) is 0 Å². The van der Waals surface area contributed by atoms with Gasteiger partial charge in [-0.1, -0.05) is 6.07 Å². The fourth-order valence-corrected chi connectivity index (χ4v) is 2.64. The molecule has 2 aromatic carbocycles. The Morgan fingerprint density at radius 3 is 2.78 bits per heavy atom. The number of azo groups is 1. The number of nitrogens with one attached hydrogen (secondary N) is 1. The van der Waals surface area contributed by atoms with Crippen LogP contribution < -0.4 is 14.2 Å². The topological polar surface area (TPSA) is 106 Å². The average molecular weight is 371 g/mol. The van der Waals surface area contributed by atoms with Crippen LogP contribution in [-0.4, -0.2) is 35.8 Å². The summed E-state index contributed by atoms with van der Waals surface area (Å²) in [6, 6.07) is 8.74. The Bertz CT molecular complexity index is 1050. The van der Waals surface area contributed by atoms with Crippen molar-refractivity contribution in [3.05, 3.63) is 42.2 Å². The van der Waals surface area contributed by atoms with Crippen LogP contribution in [-0.2, 0) is 4.79 Å². The Labute approximate surface area is 152 Å². The molecule has 8 nitrogen and oxygen atoms in total. The number of amides is 1. The highest BCUT2D eigenvalue weighted by Gasteiger charge is 2.18. The molecule has 0 bridgehead atoms. The molecule has 27 heavy (non-hydrogen) atoms. The number of rotatable bonds is 4. The van der Waals surface area contributed by atoms with Gasteiger partial charge in [0.1, 0.15) is 24.8 Å². The Morgan fingerprint density at radius 1 is 1.22 bits per heavy atom. The zero-order valence-corrected chi connectivity index (χ0v) is 13.9. The van der Waals surface area contributed by atoms with Crippen LogP contribution in [0.25, 0.3) is 10.9 Å². The van der Waals surface area contributed by atoms with E-state index in [9.17, 15) is 14.3 Å². The summed E-state index contributed by atoms with van der Waals surface area (Å²) in [5, 5.41) is 17.9. The number of aromatic amines is 1. The lowest BCUT2D eigenvalue weighted by atomic mass is 10.2. The lowest BCUT2D eigenvalue weighted by Crippen LogP contribution is -2.15. The number of carbonyl (C=O) groups is 1. The summed E-state index contributed by atoms with van der Waals surface area (Å²) in [5.74, 6) is -0.124. The van der Waals surface area contributed by atoms with E-state index < -0.39 is 18.3 Å². The van der Waals surface area contributed by atoms with Crippen molar-refractivity contribution in [2.75, 3.05) is 19.8 Å². The minimum absolute atomic E-state index is 0.0982. The van der Waals surface area contributed by atoms with Gasteiger partial charge in [0.05, 0.1) is 5.52 Å². The second kappa shape index (κ2) is 6.94. The molecule has 0 fully saturated rings. The van der Waals surface area contributed by atoms with Gasteiger partial charge in [-0.15, -0.1) is 10.2 Å². The van der Waals surface area contributed by atoms with Gasteiger partial charge in [-0.2, -0.15) is 0 Å². The van der Waals surface area contributed by atoms with Crippen LogP contribution in [0.15, 0.2) is 46.6 Å². The second-order valence-corrected chi connectivity index (χ2v) is 5.70. The molecule has 1 amide bonds. The number of hydrogen-bond acceptors (Lipinski definition) is 6. The second-order valence-electron chi connectivity index (χ2n) is 5.70. The highest BCUT2D eigenvalue weighted by Crippen LogP contribution is 2.42. The van der Waals surface area contributed by atoms with E-state index in [0.717, 1.165) is 6.07 Å². The van der Waals surface area contributed by atoms with Crippen molar-refractivity contribution in [2.45, 2.75) is 0 Å². The molecule has 0 atom stereocenters. The SMILES string of the molecule is O=C(COc1cccc(F)c1)N=Nc1c(O)[nH]c2cc3c(cc12)OCCO3. The molecular weight excluding hydrogens is 357 g/mol. The molecule has 0 saturated heterocycles. The summed E-state index contributed by atoms with van der Waals surface area (Å²) in [6.45, 7) is 0.446. The third-order valence-corrected chi connectivity index (χ3v) is 3.83. The molecule has 0 radical (unpaired) electrons. The summed E-state index contributed by atoms with van der Waals surface area (Å²) in [5.41, 5.74) is 0.662. The molecule has 2 heterocycles. The van der Waals surface area contributed by atoms with Crippen molar-refractivity contribution in [3.63, 3.8) is 0 Å². The first kappa shape index (κ1) is 16.8. The number of carbonyl (C=O) groups excluding carboxylic acids is 1. The lowest BCUT2D eigenvalue weighted by molar-refractivity contribution is -0.120. The molecule has 2 N–H and O–H groups in total. The number of aromatic nitrogens is 1. The van der Waals surface area contributed by atoms with Crippen molar-refractivity contribution < 1.29 is 28.5 Å². The number of benzene rings is 2. The van der Waals surface area contributed by atoms with Gasteiger partial charge in [0.15, 0.2) is 23.8 Å². The Kier molecular flexibility index (Phi) is 4.33. The predicted molar refractivity (Wildman–Crippen MR) is 92.4 cm³/mol. The number of aromatic hydroxyl groups is 1. The number of ether oxygens (including phenoxy) is 3. The van der Waals surface area contributed by atoms with E-state index in [4.69, 9.17) is 14.2 Å². The number of nitrogens with zero attached hydrogens (tertiary/aromatic N) is 2. The van der Waals surface area contributed by atoms with E-state index >= 15 is 0 Å². The highest BCUT2D eigenvalue weighted by atomic mass is 19.1. The molecule has 138 valence electrons. The van der Waals surface area contributed by atoms with E-state index in [2.05, 4.69) is 15.2 Å². The minimum Gasteiger partial charge on any atom is -0.493 e. The molecule has 3 aromatic rings. The van der Waals surface area contributed by atoms with Gasteiger partial charge >= 0.3 is 5.91 Å². The summed E-state index contributed by atoms with van der Waals surface area (Å²) in [7, 11) is 0. The monoisotopic (exact) mass is 371 g/mol. The summed E-state index contributed by atoms with van der Waals surface area (Å²) in [6.07, 6.45) is 0. The number of halogens is 1. The van der Waals surface area contributed by atoms with Gasteiger partial charge in [-0.05, 0) is 18.2 Å². The standard InChI is InChI=1S/C18H14FN3O5/c19-10-2-1-3-11(6-10)27-9-16(23)21-22-17-12-7-14-15(26-5-4-25-14)8-13(12)20-18(17)24/h1-3,6-8,20,24H,4-5,9H2. The Hall–Kier alpha value is -3.62. The maximum atomic E-state index is 13.1. The summed E-state index contributed by atoms with van der Waals surface area (Å²) in [4.78, 5) is 14.6. The maximum Gasteiger partial charge on any atom is 0.302 e. The molecule has 9 heteroatoms. The number of H-pyrrole nitrogens is 1. The molecule has 1 aliphatic rings. The van der Waals surface area contributed by atoms with Crippen LogP contribution in [0.1, 0.15) is 0 Å².